The normalized spacial score (nSPS) is 21.7. The minimum absolute atomic E-state index is 0.0462. The van der Waals surface area contributed by atoms with Crippen LogP contribution >= 0.6 is 11.6 Å². The SMILES string of the molecule is CCN([C@H]1CCS(=O)(=O)C1)S(=O)(=O)/C=C/c1ccc(Cl)cc1. The third-order valence-electron chi connectivity index (χ3n) is 3.56. The first kappa shape index (κ1) is 17.5. The quantitative estimate of drug-likeness (QED) is 0.803. The summed E-state index contributed by atoms with van der Waals surface area (Å²) in [6.07, 6.45) is 1.84. The van der Waals surface area contributed by atoms with Crippen LogP contribution in [0.5, 0.6) is 0 Å². The number of rotatable bonds is 5. The van der Waals surface area contributed by atoms with E-state index in [0.29, 0.717) is 17.0 Å². The van der Waals surface area contributed by atoms with Crippen LogP contribution in [0.1, 0.15) is 18.9 Å². The van der Waals surface area contributed by atoms with Gasteiger partial charge in [-0.05, 0) is 30.2 Å². The third-order valence-corrected chi connectivity index (χ3v) is 7.25. The predicted molar refractivity (Wildman–Crippen MR) is 88.8 cm³/mol. The maximum absolute atomic E-state index is 12.4. The highest BCUT2D eigenvalue weighted by atomic mass is 35.5. The van der Waals surface area contributed by atoms with Crippen molar-refractivity contribution in [3.05, 3.63) is 40.3 Å². The number of nitrogens with zero attached hydrogens (tertiary/aromatic N) is 1. The van der Waals surface area contributed by atoms with Gasteiger partial charge in [-0.1, -0.05) is 30.7 Å². The summed E-state index contributed by atoms with van der Waals surface area (Å²) in [5.74, 6) is -0.0561. The van der Waals surface area contributed by atoms with Gasteiger partial charge in [-0.2, -0.15) is 4.31 Å². The molecule has 1 atom stereocenters. The molecular weight excluding hydrogens is 346 g/mol. The van der Waals surface area contributed by atoms with E-state index in [2.05, 4.69) is 0 Å². The lowest BCUT2D eigenvalue weighted by Gasteiger charge is -2.24. The molecule has 2 rings (SSSR count). The average molecular weight is 364 g/mol. The minimum Gasteiger partial charge on any atom is -0.229 e. The van der Waals surface area contributed by atoms with Gasteiger partial charge in [0.1, 0.15) is 0 Å². The number of hydrogen-bond donors (Lipinski definition) is 0. The lowest BCUT2D eigenvalue weighted by atomic mass is 10.2. The highest BCUT2D eigenvalue weighted by Gasteiger charge is 2.36. The van der Waals surface area contributed by atoms with Crippen LogP contribution < -0.4 is 0 Å². The van der Waals surface area contributed by atoms with Crippen LogP contribution in [0.4, 0.5) is 0 Å². The largest absolute Gasteiger partial charge is 0.236 e. The smallest absolute Gasteiger partial charge is 0.229 e. The van der Waals surface area contributed by atoms with Crippen LogP contribution in [-0.2, 0) is 19.9 Å². The van der Waals surface area contributed by atoms with Gasteiger partial charge in [-0.15, -0.1) is 0 Å². The number of halogens is 1. The monoisotopic (exact) mass is 363 g/mol. The standard InChI is InChI=1S/C14H18ClNO4S2/c1-2-16(14-8-9-21(17,18)11-14)22(19,20)10-7-12-3-5-13(15)6-4-12/h3-7,10,14H,2,8-9,11H2,1H3/b10-7+/t14-/m0/s1. The van der Waals surface area contributed by atoms with Crippen LogP contribution in [0.2, 0.25) is 5.02 Å². The van der Waals surface area contributed by atoms with Gasteiger partial charge in [0.25, 0.3) is 0 Å². The minimum atomic E-state index is -3.66. The average Bonchev–Trinajstić information content (AvgIpc) is 2.79. The Morgan fingerprint density at radius 3 is 2.45 bits per heavy atom. The lowest BCUT2D eigenvalue weighted by molar-refractivity contribution is 0.359. The van der Waals surface area contributed by atoms with E-state index >= 15 is 0 Å². The Kier molecular flexibility index (Phi) is 5.32. The second kappa shape index (κ2) is 6.70. The molecule has 0 amide bonds. The van der Waals surface area contributed by atoms with E-state index in [1.165, 1.54) is 10.4 Å². The van der Waals surface area contributed by atoms with E-state index in [4.69, 9.17) is 11.6 Å². The molecule has 0 radical (unpaired) electrons. The molecule has 1 aromatic rings. The van der Waals surface area contributed by atoms with Crippen molar-refractivity contribution < 1.29 is 16.8 Å². The molecule has 5 nitrogen and oxygen atoms in total. The molecule has 1 aliphatic rings. The van der Waals surface area contributed by atoms with Crippen molar-refractivity contribution in [2.24, 2.45) is 0 Å². The Balaban J connectivity index is 2.18. The van der Waals surface area contributed by atoms with E-state index in [-0.39, 0.29) is 18.1 Å². The molecule has 0 unspecified atom stereocenters. The van der Waals surface area contributed by atoms with Gasteiger partial charge >= 0.3 is 0 Å². The zero-order valence-electron chi connectivity index (χ0n) is 12.1. The summed E-state index contributed by atoms with van der Waals surface area (Å²) in [6, 6.07) is 6.30. The maximum atomic E-state index is 12.4. The van der Waals surface area contributed by atoms with Crippen LogP contribution in [0.15, 0.2) is 29.7 Å². The van der Waals surface area contributed by atoms with Crippen LogP contribution in [-0.4, -0.2) is 45.2 Å². The molecule has 22 heavy (non-hydrogen) atoms. The molecule has 1 fully saturated rings. The third kappa shape index (κ3) is 4.32. The van der Waals surface area contributed by atoms with Crippen molar-refractivity contribution in [2.75, 3.05) is 18.1 Å². The zero-order chi connectivity index (χ0) is 16.4. The molecule has 0 N–H and O–H groups in total. The number of hydrogen-bond acceptors (Lipinski definition) is 4. The fourth-order valence-electron chi connectivity index (χ4n) is 2.47. The highest BCUT2D eigenvalue weighted by Crippen LogP contribution is 2.21. The maximum Gasteiger partial charge on any atom is 0.236 e. The Hall–Kier alpha value is -0.890. The molecule has 0 aromatic heterocycles. The molecular formula is C14H18ClNO4S2. The molecule has 0 saturated carbocycles. The summed E-state index contributed by atoms with van der Waals surface area (Å²) < 4.78 is 49.2. The van der Waals surface area contributed by atoms with Gasteiger partial charge in [0.2, 0.25) is 10.0 Å². The lowest BCUT2D eigenvalue weighted by Crippen LogP contribution is -2.39. The van der Waals surface area contributed by atoms with Crippen LogP contribution in [0.25, 0.3) is 6.08 Å². The Morgan fingerprint density at radius 1 is 1.32 bits per heavy atom. The first-order valence-electron chi connectivity index (χ1n) is 6.89. The number of benzene rings is 1. The van der Waals surface area contributed by atoms with Crippen molar-refractivity contribution in [2.45, 2.75) is 19.4 Å². The van der Waals surface area contributed by atoms with E-state index < -0.39 is 25.9 Å². The van der Waals surface area contributed by atoms with Crippen molar-refractivity contribution >= 4 is 37.5 Å². The van der Waals surface area contributed by atoms with Gasteiger partial charge in [0.15, 0.2) is 9.84 Å². The first-order chi connectivity index (χ1) is 10.2. The molecule has 1 saturated heterocycles. The molecule has 0 aliphatic carbocycles. The molecule has 1 heterocycles. The first-order valence-corrected chi connectivity index (χ1v) is 10.6. The molecule has 8 heteroatoms. The van der Waals surface area contributed by atoms with Crippen molar-refractivity contribution in [3.63, 3.8) is 0 Å². The van der Waals surface area contributed by atoms with Crippen LogP contribution in [0, 0.1) is 0 Å². The van der Waals surface area contributed by atoms with Gasteiger partial charge in [-0.3, -0.25) is 0 Å². The summed E-state index contributed by atoms with van der Waals surface area (Å²) in [4.78, 5) is 0. The number of sulfonamides is 1. The van der Waals surface area contributed by atoms with Gasteiger partial charge < -0.3 is 0 Å². The second-order valence-electron chi connectivity index (χ2n) is 5.16. The van der Waals surface area contributed by atoms with Crippen LogP contribution in [0.3, 0.4) is 0 Å². The van der Waals surface area contributed by atoms with Gasteiger partial charge in [-0.25, -0.2) is 16.8 Å². The fraction of sp³-hybridized carbons (Fsp3) is 0.429. The van der Waals surface area contributed by atoms with Gasteiger partial charge in [0, 0.05) is 23.0 Å². The second-order valence-corrected chi connectivity index (χ2v) is 9.60. The van der Waals surface area contributed by atoms with Crippen molar-refractivity contribution in [1.82, 2.24) is 4.31 Å². The Bertz CT molecular complexity index is 755. The molecule has 122 valence electrons. The fourth-order valence-corrected chi connectivity index (χ4v) is 5.86. The molecule has 0 bridgehead atoms. The number of sulfone groups is 1. The van der Waals surface area contributed by atoms with E-state index in [0.717, 1.165) is 5.41 Å². The van der Waals surface area contributed by atoms with Gasteiger partial charge in [0.05, 0.1) is 11.5 Å². The molecule has 1 aromatic carbocycles. The topological polar surface area (TPSA) is 71.5 Å². The summed E-state index contributed by atoms with van der Waals surface area (Å²) in [6.45, 7) is 1.95. The summed E-state index contributed by atoms with van der Waals surface area (Å²) >= 11 is 5.78. The van der Waals surface area contributed by atoms with E-state index in [1.54, 1.807) is 31.2 Å². The Labute approximate surface area is 136 Å². The summed E-state index contributed by atoms with van der Waals surface area (Å²) in [5.41, 5.74) is 0.711. The summed E-state index contributed by atoms with van der Waals surface area (Å²) in [5, 5.41) is 1.69. The summed E-state index contributed by atoms with van der Waals surface area (Å²) in [7, 11) is -6.79. The zero-order valence-corrected chi connectivity index (χ0v) is 14.5. The molecule has 0 spiro atoms. The van der Waals surface area contributed by atoms with E-state index in [9.17, 15) is 16.8 Å². The van der Waals surface area contributed by atoms with Crippen molar-refractivity contribution in [1.29, 1.82) is 0 Å². The molecule has 1 aliphatic heterocycles. The Morgan fingerprint density at radius 2 is 1.95 bits per heavy atom. The predicted octanol–water partition coefficient (Wildman–Crippen LogP) is 2.15. The van der Waals surface area contributed by atoms with Crippen molar-refractivity contribution in [3.8, 4) is 0 Å². The van der Waals surface area contributed by atoms with E-state index in [1.807, 2.05) is 0 Å². The highest BCUT2D eigenvalue weighted by molar-refractivity contribution is 7.93.